The molecular formula is C49H51F11O8S. The zero-order valence-corrected chi connectivity index (χ0v) is 38.0. The van der Waals surface area contributed by atoms with Crippen LogP contribution in [0.25, 0.3) is 32.7 Å². The number of carboxylic acid groups (broad SMARTS) is 1. The number of benzene rings is 5. The summed E-state index contributed by atoms with van der Waals surface area (Å²) >= 11 is 0. The smallest absolute Gasteiger partial charge is 0.508 e. The van der Waals surface area contributed by atoms with Crippen LogP contribution in [0.4, 0.5) is 48.3 Å². The molecule has 1 atom stereocenters. The third-order valence-electron chi connectivity index (χ3n) is 11.4. The molecule has 0 aliphatic rings. The summed E-state index contributed by atoms with van der Waals surface area (Å²) in [5, 5.41) is 31.6. The monoisotopic (exact) mass is 1010 g/mol. The van der Waals surface area contributed by atoms with Gasteiger partial charge in [-0.2, -0.15) is 56.7 Å². The van der Waals surface area contributed by atoms with Gasteiger partial charge in [-0.25, -0.2) is 0 Å². The highest BCUT2D eigenvalue weighted by Gasteiger charge is 2.56. The van der Waals surface area contributed by atoms with Crippen molar-refractivity contribution in [2.45, 2.75) is 114 Å². The third-order valence-corrected chi connectivity index (χ3v) is 12.3. The lowest BCUT2D eigenvalue weighted by Crippen LogP contribution is -2.36. The van der Waals surface area contributed by atoms with Gasteiger partial charge in [0.1, 0.15) is 23.0 Å². The minimum Gasteiger partial charge on any atom is -0.508 e. The number of carboxylic acids is 1. The molecule has 20 heteroatoms. The number of carbonyl (C=O) groups is 1. The highest BCUT2D eigenvalue weighted by molar-refractivity contribution is 7.88. The van der Waals surface area contributed by atoms with Crippen molar-refractivity contribution in [2.24, 2.45) is 5.92 Å². The first-order valence-electron chi connectivity index (χ1n) is 21.7. The second-order valence-electron chi connectivity index (χ2n) is 16.3. The van der Waals surface area contributed by atoms with Crippen molar-refractivity contribution in [1.29, 1.82) is 0 Å². The lowest BCUT2D eigenvalue weighted by atomic mass is 9.88. The molecule has 5 aromatic carbocycles. The Morgan fingerprint density at radius 3 is 1.80 bits per heavy atom. The van der Waals surface area contributed by atoms with Crippen LogP contribution in [0.1, 0.15) is 93.7 Å². The zero-order valence-electron chi connectivity index (χ0n) is 37.2. The number of rotatable bonds is 22. The Morgan fingerprint density at radius 1 is 0.667 bits per heavy atom. The zero-order chi connectivity index (χ0) is 51.4. The summed E-state index contributed by atoms with van der Waals surface area (Å²) in [6.07, 6.45) is -4.15. The van der Waals surface area contributed by atoms with Gasteiger partial charge in [-0.3, -0.25) is 4.79 Å². The van der Waals surface area contributed by atoms with E-state index >= 15 is 0 Å². The number of aromatic hydroxyl groups is 2. The molecule has 0 spiro atoms. The maximum Gasteiger partial charge on any atom is 0.534 e. The molecule has 5 rings (SSSR count). The number of aliphatic carboxylic acids is 1. The molecule has 3 N–H and O–H groups in total. The van der Waals surface area contributed by atoms with Crippen LogP contribution in [0.2, 0.25) is 0 Å². The molecule has 0 bridgehead atoms. The van der Waals surface area contributed by atoms with Gasteiger partial charge < -0.3 is 24.2 Å². The fraction of sp³-hybridized carbons (Fsp3) is 0.408. The molecule has 0 radical (unpaired) electrons. The van der Waals surface area contributed by atoms with E-state index in [1.165, 1.54) is 43.5 Å². The summed E-state index contributed by atoms with van der Waals surface area (Å²) in [5.74, 6) is -7.27. The highest BCUT2D eigenvalue weighted by Crippen LogP contribution is 2.43. The van der Waals surface area contributed by atoms with E-state index in [0.29, 0.717) is 70.3 Å². The number of phenols is 2. The molecule has 8 nitrogen and oxygen atoms in total. The number of hydrogen-bond acceptors (Lipinski definition) is 7. The Labute approximate surface area is 391 Å². The summed E-state index contributed by atoms with van der Waals surface area (Å²) in [6.45, 7) is 3.53. The fourth-order valence-corrected chi connectivity index (χ4v) is 8.33. The summed E-state index contributed by atoms with van der Waals surface area (Å²) in [4.78, 5) is 11.4. The van der Waals surface area contributed by atoms with Gasteiger partial charge >= 0.3 is 39.9 Å². The van der Waals surface area contributed by atoms with E-state index in [1.54, 1.807) is 42.5 Å². The number of fused-ring (bicyclic) bond motifs is 2. The van der Waals surface area contributed by atoms with Crippen LogP contribution in [0.3, 0.4) is 0 Å². The minimum atomic E-state index is -5.73. The summed E-state index contributed by atoms with van der Waals surface area (Å²) in [6, 6.07) is 18.8. The van der Waals surface area contributed by atoms with Gasteiger partial charge in [0.2, 0.25) is 0 Å². The van der Waals surface area contributed by atoms with Crippen LogP contribution in [0, 0.1) is 5.92 Å². The van der Waals surface area contributed by atoms with Gasteiger partial charge in [-0.05, 0) is 119 Å². The van der Waals surface area contributed by atoms with E-state index in [-0.39, 0.29) is 36.3 Å². The number of alkyl halides is 11. The van der Waals surface area contributed by atoms with E-state index in [2.05, 4.69) is 10.8 Å². The molecular weight excluding hydrogens is 958 g/mol. The van der Waals surface area contributed by atoms with Crippen LogP contribution < -0.4 is 8.92 Å². The predicted octanol–water partition coefficient (Wildman–Crippen LogP) is 14.9. The number of ether oxygens (including phenoxy) is 1. The number of unbranched alkanes of at least 4 members (excludes halogenated alkanes) is 7. The topological polar surface area (TPSA) is 130 Å². The number of allylic oxidation sites excluding steroid dienone is 1. The van der Waals surface area contributed by atoms with Gasteiger partial charge in [-0.1, -0.05) is 87.4 Å². The Morgan fingerprint density at radius 2 is 1.20 bits per heavy atom. The van der Waals surface area contributed by atoms with E-state index in [4.69, 9.17) is 4.74 Å². The Hall–Kier alpha value is -5.79. The summed E-state index contributed by atoms with van der Waals surface area (Å²) in [5.41, 5.74) is -5.06. The Balaban J connectivity index is 0.000000376. The normalized spacial score (nSPS) is 12.9. The summed E-state index contributed by atoms with van der Waals surface area (Å²) < 4.78 is 174. The van der Waals surface area contributed by atoms with E-state index in [0.717, 1.165) is 37.5 Å². The number of phenolic OH excluding ortho intramolecular Hbond substituents is 2. The van der Waals surface area contributed by atoms with E-state index in [9.17, 15) is 76.8 Å². The maximum atomic E-state index is 13.9. The quantitative estimate of drug-likeness (QED) is 0.0205. The first kappa shape index (κ1) is 55.8. The van der Waals surface area contributed by atoms with E-state index < -0.39 is 69.9 Å². The molecule has 5 aromatic rings. The average molecular weight is 1010 g/mol. The van der Waals surface area contributed by atoms with Crippen LogP contribution in [-0.4, -0.2) is 54.4 Å². The first-order valence-corrected chi connectivity index (χ1v) is 23.2. The molecule has 69 heavy (non-hydrogen) atoms. The van der Waals surface area contributed by atoms with Crippen molar-refractivity contribution in [3.63, 3.8) is 0 Å². The highest BCUT2D eigenvalue weighted by atomic mass is 32.2. The van der Waals surface area contributed by atoms with Crippen LogP contribution in [0.5, 0.6) is 23.0 Å². The van der Waals surface area contributed by atoms with Crippen molar-refractivity contribution in [3.8, 4) is 34.1 Å². The van der Waals surface area contributed by atoms with Gasteiger partial charge in [0.25, 0.3) is 0 Å². The van der Waals surface area contributed by atoms with Crippen molar-refractivity contribution in [2.75, 3.05) is 7.11 Å². The molecule has 0 aliphatic heterocycles. The van der Waals surface area contributed by atoms with Crippen molar-refractivity contribution in [3.05, 3.63) is 108 Å². The Bertz CT molecular complexity index is 2640. The van der Waals surface area contributed by atoms with Gasteiger partial charge in [0, 0.05) is 12.0 Å². The number of hydrogen-bond donors (Lipinski definition) is 3. The van der Waals surface area contributed by atoms with Crippen molar-refractivity contribution >= 4 is 37.6 Å². The number of methoxy groups -OCH3 is 1. The first-order chi connectivity index (χ1) is 32.2. The molecule has 0 amide bonds. The lowest BCUT2D eigenvalue weighted by molar-refractivity contribution is -0.284. The molecule has 0 heterocycles. The minimum absolute atomic E-state index is 0.0379. The molecule has 1 unspecified atom stereocenters. The number of halogens is 11. The largest absolute Gasteiger partial charge is 0.534 e. The SMILES string of the molecule is C=CCc1c(OS(=O)(=O)C(F)(F)F)ccc2cc(OC)ccc12.O=C(O)C(CCCCCCCCCCc1c(-c2ccc(O)cc2C(F)(F)F)ccc2cc(O)ccc12)CCCC(F)(F)C(F)(F)F. The predicted molar refractivity (Wildman–Crippen MR) is 239 cm³/mol. The molecule has 0 saturated heterocycles. The van der Waals surface area contributed by atoms with Crippen LogP contribution in [-0.2, 0) is 33.9 Å². The van der Waals surface area contributed by atoms with Gasteiger partial charge in [-0.15, -0.1) is 6.58 Å². The van der Waals surface area contributed by atoms with Crippen molar-refractivity contribution in [1.82, 2.24) is 0 Å². The van der Waals surface area contributed by atoms with Crippen LogP contribution in [0.15, 0.2) is 91.5 Å². The third kappa shape index (κ3) is 15.4. The maximum absolute atomic E-state index is 13.9. The molecule has 0 aliphatic carbocycles. The Kier molecular flexibility index (Phi) is 19.2. The molecule has 0 fully saturated rings. The second kappa shape index (κ2) is 23.7. The molecule has 0 aromatic heterocycles. The standard InChI is InChI=1S/C34H38F8O4.C15H13F3O4S/c35-32(36,34(40,41)42)19-9-11-22(31(45)46)10-7-5-3-1-2-4-6-8-12-27-26-17-14-24(43)20-23(26)13-16-28(27)29-18-15-25(44)21-30(29)33(37,38)39;1-3-4-13-12-7-6-11(21-2)9-10(12)5-8-14(13)22-23(19,20)15(16,17)18/h13-18,20-22,43-44H,1-12,19H2,(H,45,46);3,5-9H,1,4H2,2H3. The molecule has 0 saturated carbocycles. The van der Waals surface area contributed by atoms with Gasteiger partial charge in [0.15, 0.2) is 0 Å². The number of aryl methyl sites for hydroxylation is 1. The fourth-order valence-electron chi connectivity index (χ4n) is 7.84. The summed E-state index contributed by atoms with van der Waals surface area (Å²) in [7, 11) is -4.25. The van der Waals surface area contributed by atoms with Gasteiger partial charge in [0.05, 0.1) is 18.6 Å². The van der Waals surface area contributed by atoms with E-state index in [1.807, 2.05) is 0 Å². The molecule has 378 valence electrons. The lowest BCUT2D eigenvalue weighted by Gasteiger charge is -2.20. The van der Waals surface area contributed by atoms with Crippen LogP contribution >= 0.6 is 0 Å². The average Bonchev–Trinajstić information content (AvgIpc) is 3.25. The second-order valence-corrected chi connectivity index (χ2v) is 17.9. The van der Waals surface area contributed by atoms with Crippen molar-refractivity contribution < 1.29 is 85.7 Å².